The van der Waals surface area contributed by atoms with Gasteiger partial charge in [-0.05, 0) is 50.1 Å². The van der Waals surface area contributed by atoms with E-state index in [1.807, 2.05) is 12.1 Å². The maximum atomic E-state index is 12.3. The summed E-state index contributed by atoms with van der Waals surface area (Å²) >= 11 is 1.56. The van der Waals surface area contributed by atoms with Gasteiger partial charge in [-0.2, -0.15) is 0 Å². The van der Waals surface area contributed by atoms with Crippen LogP contribution in [0.25, 0.3) is 21.7 Å². The van der Waals surface area contributed by atoms with Gasteiger partial charge in [0, 0.05) is 31.0 Å². The maximum absolute atomic E-state index is 12.3. The second-order valence-corrected chi connectivity index (χ2v) is 7.50. The summed E-state index contributed by atoms with van der Waals surface area (Å²) in [4.78, 5) is 24.1. The van der Waals surface area contributed by atoms with Crippen LogP contribution in [0.15, 0.2) is 42.7 Å². The van der Waals surface area contributed by atoms with Crippen LogP contribution < -0.4 is 10.2 Å². The number of hydrogen-bond acceptors (Lipinski definition) is 4. The molecule has 5 nitrogen and oxygen atoms in total. The third-order valence-corrected chi connectivity index (χ3v) is 5.49. The van der Waals surface area contributed by atoms with Gasteiger partial charge in [0.05, 0.1) is 10.6 Å². The Morgan fingerprint density at radius 3 is 2.50 bits per heavy atom. The summed E-state index contributed by atoms with van der Waals surface area (Å²) < 4.78 is 0. The van der Waals surface area contributed by atoms with Crippen molar-refractivity contribution in [1.29, 1.82) is 0 Å². The van der Waals surface area contributed by atoms with Crippen LogP contribution in [-0.4, -0.2) is 29.1 Å². The molecule has 0 bridgehead atoms. The van der Waals surface area contributed by atoms with Crippen LogP contribution in [0.1, 0.15) is 17.5 Å². The molecule has 3 aromatic rings. The minimum atomic E-state index is -0.0711. The summed E-state index contributed by atoms with van der Waals surface area (Å²) in [6.45, 7) is 5.60. The Kier molecular flexibility index (Phi) is 4.42. The first-order valence-electron chi connectivity index (χ1n) is 8.67. The number of carbonyl (C=O) groups excluding carboxylic acids is 1. The molecule has 1 N–H and O–H groups in total. The molecule has 1 fully saturated rings. The molecule has 0 aliphatic carbocycles. The molecule has 4 rings (SSSR count). The minimum absolute atomic E-state index is 0.0711. The predicted octanol–water partition coefficient (Wildman–Crippen LogP) is 4.41. The lowest BCUT2D eigenvalue weighted by atomic mass is 10.0. The van der Waals surface area contributed by atoms with Crippen molar-refractivity contribution in [3.05, 3.63) is 53.9 Å². The van der Waals surface area contributed by atoms with E-state index in [0.29, 0.717) is 6.54 Å². The smallest absolute Gasteiger partial charge is 0.323 e. The fourth-order valence-corrected chi connectivity index (χ4v) is 4.36. The topological polar surface area (TPSA) is 58.1 Å². The Morgan fingerprint density at radius 1 is 1.08 bits per heavy atom. The number of aryl methyl sites for hydroxylation is 2. The molecular weight excluding hydrogens is 344 g/mol. The summed E-state index contributed by atoms with van der Waals surface area (Å²) in [6.07, 6.45) is 4.50. The van der Waals surface area contributed by atoms with Gasteiger partial charge in [0.25, 0.3) is 0 Å². The van der Waals surface area contributed by atoms with Crippen molar-refractivity contribution in [2.24, 2.45) is 0 Å². The Balaban J connectivity index is 1.87. The lowest BCUT2D eigenvalue weighted by molar-refractivity contribution is 0.243. The van der Waals surface area contributed by atoms with E-state index in [1.165, 1.54) is 11.1 Å². The van der Waals surface area contributed by atoms with Crippen molar-refractivity contribution >= 4 is 22.5 Å². The Hall–Kier alpha value is -2.73. The lowest BCUT2D eigenvalue weighted by Gasteiger charge is -2.24. The van der Waals surface area contributed by atoms with Crippen LogP contribution in [0.2, 0.25) is 0 Å². The molecule has 1 saturated heterocycles. The van der Waals surface area contributed by atoms with E-state index in [4.69, 9.17) is 4.98 Å². The van der Waals surface area contributed by atoms with Gasteiger partial charge >= 0.3 is 6.03 Å². The van der Waals surface area contributed by atoms with Gasteiger partial charge in [0.15, 0.2) is 5.13 Å². The average Bonchev–Trinajstić information content (AvgIpc) is 3.07. The van der Waals surface area contributed by atoms with Crippen LogP contribution >= 0.6 is 11.3 Å². The van der Waals surface area contributed by atoms with Gasteiger partial charge in [-0.25, -0.2) is 9.78 Å². The molecular formula is C20H20N4OS. The van der Waals surface area contributed by atoms with Gasteiger partial charge in [0.1, 0.15) is 0 Å². The number of benzene rings is 1. The summed E-state index contributed by atoms with van der Waals surface area (Å²) in [5, 5.41) is 3.64. The van der Waals surface area contributed by atoms with E-state index in [9.17, 15) is 4.79 Å². The number of amides is 2. The Morgan fingerprint density at radius 2 is 1.81 bits per heavy atom. The first-order chi connectivity index (χ1) is 12.6. The number of carbonyl (C=O) groups is 1. The molecule has 0 radical (unpaired) electrons. The number of hydrogen-bond donors (Lipinski definition) is 1. The molecule has 0 unspecified atom stereocenters. The second kappa shape index (κ2) is 6.88. The number of rotatable bonds is 3. The fraction of sp³-hybridized carbons (Fsp3) is 0.250. The molecule has 132 valence electrons. The normalized spacial score (nSPS) is 14.4. The van der Waals surface area contributed by atoms with Gasteiger partial charge in [-0.3, -0.25) is 9.88 Å². The van der Waals surface area contributed by atoms with E-state index in [2.05, 4.69) is 42.3 Å². The van der Waals surface area contributed by atoms with Crippen LogP contribution in [-0.2, 0) is 0 Å². The summed E-state index contributed by atoms with van der Waals surface area (Å²) in [7, 11) is 0. The predicted molar refractivity (Wildman–Crippen MR) is 106 cm³/mol. The molecule has 26 heavy (non-hydrogen) atoms. The van der Waals surface area contributed by atoms with Crippen LogP contribution in [0.3, 0.4) is 0 Å². The zero-order valence-corrected chi connectivity index (χ0v) is 15.6. The van der Waals surface area contributed by atoms with Crippen molar-refractivity contribution in [3.63, 3.8) is 0 Å². The molecule has 2 amide bonds. The standard InChI is InChI=1S/C20H20N4OS/c1-13-10-14(2)12-16(11-13)17-18(15-4-7-21-8-5-15)26-20(23-17)24-9-3-6-22-19(24)25/h4-5,7-8,10-12H,3,6,9H2,1-2H3,(H,22,25). The van der Waals surface area contributed by atoms with E-state index < -0.39 is 0 Å². The minimum Gasteiger partial charge on any atom is -0.338 e. The molecule has 2 aromatic heterocycles. The quantitative estimate of drug-likeness (QED) is 0.749. The molecule has 1 aliphatic rings. The zero-order valence-electron chi connectivity index (χ0n) is 14.8. The molecule has 0 spiro atoms. The molecule has 0 saturated carbocycles. The van der Waals surface area contributed by atoms with E-state index in [-0.39, 0.29) is 6.03 Å². The Bertz CT molecular complexity index is 931. The zero-order chi connectivity index (χ0) is 18.1. The highest BCUT2D eigenvalue weighted by Crippen LogP contribution is 2.40. The van der Waals surface area contributed by atoms with Crippen LogP contribution in [0.4, 0.5) is 9.93 Å². The third-order valence-electron chi connectivity index (χ3n) is 4.36. The van der Waals surface area contributed by atoms with Crippen molar-refractivity contribution in [1.82, 2.24) is 15.3 Å². The van der Waals surface area contributed by atoms with Gasteiger partial charge < -0.3 is 5.32 Å². The largest absolute Gasteiger partial charge is 0.338 e. The van der Waals surface area contributed by atoms with E-state index in [0.717, 1.165) is 39.8 Å². The number of urea groups is 1. The monoisotopic (exact) mass is 364 g/mol. The van der Waals surface area contributed by atoms with E-state index in [1.54, 1.807) is 28.6 Å². The number of anilines is 1. The number of pyridine rings is 1. The van der Waals surface area contributed by atoms with Crippen molar-refractivity contribution in [3.8, 4) is 21.7 Å². The average molecular weight is 364 g/mol. The molecule has 6 heteroatoms. The van der Waals surface area contributed by atoms with E-state index >= 15 is 0 Å². The van der Waals surface area contributed by atoms with Crippen molar-refractivity contribution < 1.29 is 4.79 Å². The molecule has 1 aromatic carbocycles. The SMILES string of the molecule is Cc1cc(C)cc(-c2nc(N3CCCNC3=O)sc2-c2ccncc2)c1. The third kappa shape index (κ3) is 3.20. The first-order valence-corrected chi connectivity index (χ1v) is 9.49. The lowest BCUT2D eigenvalue weighted by Crippen LogP contribution is -2.46. The molecule has 3 heterocycles. The fourth-order valence-electron chi connectivity index (χ4n) is 3.24. The highest BCUT2D eigenvalue weighted by atomic mass is 32.1. The number of thiazole rings is 1. The second-order valence-electron chi connectivity index (χ2n) is 6.52. The van der Waals surface area contributed by atoms with Gasteiger partial charge in [0.2, 0.25) is 0 Å². The van der Waals surface area contributed by atoms with Crippen LogP contribution in [0.5, 0.6) is 0 Å². The van der Waals surface area contributed by atoms with Crippen LogP contribution in [0, 0.1) is 13.8 Å². The summed E-state index contributed by atoms with van der Waals surface area (Å²) in [6, 6.07) is 10.3. The highest BCUT2D eigenvalue weighted by Gasteiger charge is 2.25. The van der Waals surface area contributed by atoms with Crippen molar-refractivity contribution in [2.45, 2.75) is 20.3 Å². The molecule has 0 atom stereocenters. The Labute approximate surface area is 156 Å². The van der Waals surface area contributed by atoms with Crippen molar-refractivity contribution in [2.75, 3.05) is 18.0 Å². The number of aromatic nitrogens is 2. The van der Waals surface area contributed by atoms with Gasteiger partial charge in [-0.15, -0.1) is 0 Å². The number of nitrogens with one attached hydrogen (secondary N) is 1. The molecule has 1 aliphatic heterocycles. The van der Waals surface area contributed by atoms with Gasteiger partial charge in [-0.1, -0.05) is 28.5 Å². The summed E-state index contributed by atoms with van der Waals surface area (Å²) in [5.74, 6) is 0. The summed E-state index contributed by atoms with van der Waals surface area (Å²) in [5.41, 5.74) is 5.46. The maximum Gasteiger partial charge on any atom is 0.323 e. The number of nitrogens with zero attached hydrogens (tertiary/aromatic N) is 3. The first kappa shape index (κ1) is 16.7. The highest BCUT2D eigenvalue weighted by molar-refractivity contribution is 7.19.